The second-order valence-electron chi connectivity index (χ2n) is 4.55. The number of thioether (sulfide) groups is 1. The van der Waals surface area contributed by atoms with Crippen molar-refractivity contribution in [2.75, 3.05) is 12.8 Å². The maximum Gasteiger partial charge on any atom is 0.127 e. The Bertz CT molecular complexity index is 547. The summed E-state index contributed by atoms with van der Waals surface area (Å²) in [6.45, 7) is 0. The van der Waals surface area contributed by atoms with Gasteiger partial charge in [0.1, 0.15) is 5.82 Å². The Morgan fingerprint density at radius 1 is 1.20 bits per heavy atom. The van der Waals surface area contributed by atoms with Crippen molar-refractivity contribution in [1.29, 1.82) is 0 Å². The lowest BCUT2D eigenvalue weighted by Gasteiger charge is -2.16. The molecule has 2 rings (SSSR count). The molecular weight excluding hydrogens is 337 g/mol. The fraction of sp³-hybridized carbons (Fsp3) is 0.250. The minimum Gasteiger partial charge on any atom is -0.316 e. The van der Waals surface area contributed by atoms with Gasteiger partial charge in [-0.05, 0) is 43.3 Å². The minimum atomic E-state index is -0.149. The summed E-state index contributed by atoms with van der Waals surface area (Å²) in [6, 6.07) is 15.8. The molecule has 1 nitrogen and oxygen atoms in total. The quantitative estimate of drug-likeness (QED) is 0.766. The molecule has 0 radical (unpaired) electrons. The molecule has 0 aliphatic heterocycles. The molecule has 1 atom stereocenters. The molecule has 0 heterocycles. The van der Waals surface area contributed by atoms with Gasteiger partial charge in [0.2, 0.25) is 0 Å². The highest BCUT2D eigenvalue weighted by molar-refractivity contribution is 9.10. The summed E-state index contributed by atoms with van der Waals surface area (Å²) in [5.74, 6) is 0.764. The Morgan fingerprint density at radius 2 is 1.95 bits per heavy atom. The third kappa shape index (κ3) is 4.62. The van der Waals surface area contributed by atoms with Crippen LogP contribution < -0.4 is 5.32 Å². The van der Waals surface area contributed by atoms with E-state index in [4.69, 9.17) is 0 Å². The molecule has 20 heavy (non-hydrogen) atoms. The molecule has 0 aromatic heterocycles. The monoisotopic (exact) mass is 353 g/mol. The van der Waals surface area contributed by atoms with Crippen LogP contribution in [0.4, 0.5) is 4.39 Å². The van der Waals surface area contributed by atoms with Crippen molar-refractivity contribution < 1.29 is 4.39 Å². The molecule has 2 aromatic rings. The number of halogens is 2. The van der Waals surface area contributed by atoms with Crippen molar-refractivity contribution in [2.45, 2.75) is 17.4 Å². The van der Waals surface area contributed by atoms with Gasteiger partial charge in [-0.2, -0.15) is 0 Å². The third-order valence-electron chi connectivity index (χ3n) is 3.08. The Balaban J connectivity index is 1.95. The van der Waals surface area contributed by atoms with Crippen LogP contribution in [0.1, 0.15) is 5.56 Å². The molecule has 0 spiro atoms. The molecule has 0 saturated carbocycles. The first-order valence-electron chi connectivity index (χ1n) is 6.48. The van der Waals surface area contributed by atoms with E-state index in [1.807, 2.05) is 37.4 Å². The van der Waals surface area contributed by atoms with E-state index in [2.05, 4.69) is 33.4 Å². The number of benzene rings is 2. The molecule has 2 aromatic carbocycles. The molecule has 106 valence electrons. The highest BCUT2D eigenvalue weighted by Crippen LogP contribution is 2.21. The van der Waals surface area contributed by atoms with E-state index in [1.165, 1.54) is 11.0 Å². The van der Waals surface area contributed by atoms with Gasteiger partial charge in [-0.3, -0.25) is 0 Å². The molecule has 0 aliphatic rings. The average Bonchev–Trinajstić information content (AvgIpc) is 2.46. The van der Waals surface area contributed by atoms with Gasteiger partial charge in [-0.1, -0.05) is 40.2 Å². The van der Waals surface area contributed by atoms with E-state index < -0.39 is 0 Å². The first-order chi connectivity index (χ1) is 9.69. The SMILES string of the molecule is CNC(CSc1ccccc1)Cc1ccc(Br)cc1F. The van der Waals surface area contributed by atoms with Gasteiger partial charge in [0.15, 0.2) is 0 Å². The van der Waals surface area contributed by atoms with Crippen LogP contribution in [0.2, 0.25) is 0 Å². The maximum absolute atomic E-state index is 13.8. The summed E-state index contributed by atoms with van der Waals surface area (Å²) >= 11 is 5.07. The fourth-order valence-corrected chi connectivity index (χ4v) is 3.27. The Hall–Kier alpha value is -0.840. The number of rotatable bonds is 6. The lowest BCUT2D eigenvalue weighted by Crippen LogP contribution is -2.30. The van der Waals surface area contributed by atoms with E-state index in [9.17, 15) is 4.39 Å². The molecule has 0 amide bonds. The van der Waals surface area contributed by atoms with Crippen LogP contribution in [-0.2, 0) is 6.42 Å². The van der Waals surface area contributed by atoms with Crippen LogP contribution in [0, 0.1) is 5.82 Å². The predicted molar refractivity (Wildman–Crippen MR) is 87.8 cm³/mol. The first-order valence-corrected chi connectivity index (χ1v) is 8.26. The van der Waals surface area contributed by atoms with Crippen molar-refractivity contribution in [3.05, 3.63) is 64.4 Å². The van der Waals surface area contributed by atoms with Crippen LogP contribution in [0.15, 0.2) is 57.9 Å². The van der Waals surface area contributed by atoms with Crippen LogP contribution in [0.5, 0.6) is 0 Å². The van der Waals surface area contributed by atoms with Crippen LogP contribution >= 0.6 is 27.7 Å². The van der Waals surface area contributed by atoms with Crippen molar-refractivity contribution >= 4 is 27.7 Å². The normalized spacial score (nSPS) is 12.3. The largest absolute Gasteiger partial charge is 0.316 e. The van der Waals surface area contributed by atoms with E-state index >= 15 is 0 Å². The second-order valence-corrected chi connectivity index (χ2v) is 6.56. The summed E-state index contributed by atoms with van der Waals surface area (Å²) < 4.78 is 14.6. The number of hydrogen-bond donors (Lipinski definition) is 1. The number of likely N-dealkylation sites (N-methyl/N-ethyl adjacent to an activating group) is 1. The minimum absolute atomic E-state index is 0.149. The fourth-order valence-electron chi connectivity index (χ4n) is 1.91. The van der Waals surface area contributed by atoms with Gasteiger partial charge in [0.25, 0.3) is 0 Å². The van der Waals surface area contributed by atoms with Gasteiger partial charge < -0.3 is 5.32 Å². The molecule has 1 unspecified atom stereocenters. The summed E-state index contributed by atoms with van der Waals surface area (Å²) in [7, 11) is 1.92. The van der Waals surface area contributed by atoms with Gasteiger partial charge in [0.05, 0.1) is 0 Å². The van der Waals surface area contributed by atoms with E-state index in [1.54, 1.807) is 11.8 Å². The average molecular weight is 354 g/mol. The standard InChI is InChI=1S/C16H17BrFNS/c1-19-14(11-20-15-5-3-2-4-6-15)9-12-7-8-13(17)10-16(12)18/h2-8,10,14,19H,9,11H2,1H3. The van der Waals surface area contributed by atoms with E-state index in [0.29, 0.717) is 6.42 Å². The Morgan fingerprint density at radius 3 is 2.60 bits per heavy atom. The van der Waals surface area contributed by atoms with Gasteiger partial charge in [-0.15, -0.1) is 11.8 Å². The molecule has 0 bridgehead atoms. The van der Waals surface area contributed by atoms with Crippen molar-refractivity contribution in [2.24, 2.45) is 0 Å². The highest BCUT2D eigenvalue weighted by Gasteiger charge is 2.11. The highest BCUT2D eigenvalue weighted by atomic mass is 79.9. The van der Waals surface area contributed by atoms with E-state index in [-0.39, 0.29) is 11.9 Å². The Labute approximate surface area is 132 Å². The topological polar surface area (TPSA) is 12.0 Å². The zero-order valence-corrected chi connectivity index (χ0v) is 13.7. The summed E-state index contributed by atoms with van der Waals surface area (Å²) in [4.78, 5) is 1.24. The van der Waals surface area contributed by atoms with Crippen molar-refractivity contribution in [3.63, 3.8) is 0 Å². The molecule has 4 heteroatoms. The zero-order valence-electron chi connectivity index (χ0n) is 11.3. The van der Waals surface area contributed by atoms with Gasteiger partial charge in [-0.25, -0.2) is 4.39 Å². The summed E-state index contributed by atoms with van der Waals surface area (Å²) in [5.41, 5.74) is 0.751. The smallest absolute Gasteiger partial charge is 0.127 e. The van der Waals surface area contributed by atoms with Crippen molar-refractivity contribution in [3.8, 4) is 0 Å². The van der Waals surface area contributed by atoms with Crippen LogP contribution in [-0.4, -0.2) is 18.8 Å². The molecule has 1 N–H and O–H groups in total. The Kier molecular flexibility index (Phi) is 6.07. The molecule has 0 fully saturated rings. The molecule has 0 aliphatic carbocycles. The zero-order chi connectivity index (χ0) is 14.4. The van der Waals surface area contributed by atoms with Crippen LogP contribution in [0.3, 0.4) is 0 Å². The molecule has 0 saturated heterocycles. The molecular formula is C16H17BrFNS. The lowest BCUT2D eigenvalue weighted by atomic mass is 10.1. The van der Waals surface area contributed by atoms with Gasteiger partial charge >= 0.3 is 0 Å². The number of hydrogen-bond acceptors (Lipinski definition) is 2. The van der Waals surface area contributed by atoms with E-state index in [0.717, 1.165) is 15.8 Å². The lowest BCUT2D eigenvalue weighted by molar-refractivity contribution is 0.568. The first kappa shape index (κ1) is 15.5. The van der Waals surface area contributed by atoms with Crippen LogP contribution in [0.25, 0.3) is 0 Å². The summed E-state index contributed by atoms with van der Waals surface area (Å²) in [6.07, 6.45) is 0.690. The van der Waals surface area contributed by atoms with Crippen molar-refractivity contribution in [1.82, 2.24) is 5.32 Å². The number of nitrogens with one attached hydrogen (secondary N) is 1. The predicted octanol–water partition coefficient (Wildman–Crippen LogP) is 4.51. The van der Waals surface area contributed by atoms with Gasteiger partial charge in [0, 0.05) is 21.2 Å². The second kappa shape index (κ2) is 7.81. The summed E-state index contributed by atoms with van der Waals surface area (Å²) in [5, 5.41) is 3.26. The maximum atomic E-state index is 13.8. The third-order valence-corrected chi connectivity index (χ3v) is 4.75.